The van der Waals surface area contributed by atoms with Crippen LogP contribution in [0.25, 0.3) is 0 Å². The third-order valence-electron chi connectivity index (χ3n) is 4.53. The number of aromatic nitrogens is 1. The monoisotopic (exact) mass is 483 g/mol. The Morgan fingerprint density at radius 1 is 1.33 bits per heavy atom. The molecule has 0 aromatic carbocycles. The number of furan rings is 1. The van der Waals surface area contributed by atoms with Crippen LogP contribution in [0.4, 0.5) is 5.82 Å². The number of rotatable bonds is 8. The summed E-state index contributed by atoms with van der Waals surface area (Å²) in [5.74, 6) is 2.94. The fourth-order valence-corrected chi connectivity index (χ4v) is 3.08. The number of pyridine rings is 1. The summed E-state index contributed by atoms with van der Waals surface area (Å²) in [6.45, 7) is 5.81. The zero-order chi connectivity index (χ0) is 18.0. The topological polar surface area (TPSA) is 65.7 Å². The Kier molecular flexibility index (Phi) is 9.44. The fraction of sp³-hybridized carbons (Fsp3) is 0.500. The second-order valence-electron chi connectivity index (χ2n) is 6.60. The van der Waals surface area contributed by atoms with Crippen molar-refractivity contribution >= 4 is 35.8 Å². The van der Waals surface area contributed by atoms with E-state index in [2.05, 4.69) is 33.5 Å². The molecule has 6 nitrogen and oxygen atoms in total. The Morgan fingerprint density at radius 2 is 2.26 bits per heavy atom. The van der Waals surface area contributed by atoms with E-state index in [-0.39, 0.29) is 24.0 Å². The van der Waals surface area contributed by atoms with E-state index in [1.165, 1.54) is 0 Å². The lowest BCUT2D eigenvalue weighted by Crippen LogP contribution is -2.45. The van der Waals surface area contributed by atoms with Crippen molar-refractivity contribution in [3.8, 4) is 0 Å². The van der Waals surface area contributed by atoms with Gasteiger partial charge in [-0.2, -0.15) is 0 Å². The smallest absolute Gasteiger partial charge is 0.191 e. The van der Waals surface area contributed by atoms with Crippen LogP contribution in [-0.4, -0.2) is 43.2 Å². The lowest BCUT2D eigenvalue weighted by Gasteiger charge is -2.19. The molecule has 0 spiro atoms. The highest BCUT2D eigenvalue weighted by Gasteiger charge is 2.24. The van der Waals surface area contributed by atoms with Crippen LogP contribution in [-0.2, 0) is 6.42 Å². The van der Waals surface area contributed by atoms with Crippen molar-refractivity contribution in [2.24, 2.45) is 4.99 Å². The van der Waals surface area contributed by atoms with Crippen LogP contribution in [0.2, 0.25) is 0 Å². The van der Waals surface area contributed by atoms with Crippen LogP contribution in [0.1, 0.15) is 31.9 Å². The molecule has 1 aliphatic heterocycles. The molecular formula is C20H30IN5O. The van der Waals surface area contributed by atoms with Crippen molar-refractivity contribution in [2.45, 2.75) is 38.6 Å². The maximum Gasteiger partial charge on any atom is 0.191 e. The maximum absolute atomic E-state index is 5.40. The molecule has 2 N–H and O–H groups in total. The zero-order valence-electron chi connectivity index (χ0n) is 15.9. The number of guanidine groups is 1. The summed E-state index contributed by atoms with van der Waals surface area (Å²) in [6.07, 6.45) is 7.77. The Bertz CT molecular complexity index is 662. The number of hydrogen-bond acceptors (Lipinski definition) is 4. The molecule has 2 aromatic rings. The zero-order valence-corrected chi connectivity index (χ0v) is 18.3. The quantitative estimate of drug-likeness (QED) is 0.261. The number of nitrogens with zero attached hydrogens (tertiary/aromatic N) is 3. The van der Waals surface area contributed by atoms with Gasteiger partial charge in [-0.05, 0) is 37.1 Å². The molecule has 1 fully saturated rings. The number of unbranched alkanes of at least 4 members (excludes halogenated alkanes) is 1. The largest absolute Gasteiger partial charge is 0.469 e. The number of aliphatic imine (C=N–C) groups is 1. The molecule has 1 aliphatic rings. The van der Waals surface area contributed by atoms with E-state index >= 15 is 0 Å². The highest BCUT2D eigenvalue weighted by molar-refractivity contribution is 14.0. The van der Waals surface area contributed by atoms with Gasteiger partial charge < -0.3 is 20.0 Å². The summed E-state index contributed by atoms with van der Waals surface area (Å²) >= 11 is 0. The highest BCUT2D eigenvalue weighted by Crippen LogP contribution is 2.17. The highest BCUT2D eigenvalue weighted by atomic mass is 127. The van der Waals surface area contributed by atoms with Gasteiger partial charge in [0.05, 0.1) is 6.26 Å². The molecule has 1 atom stereocenters. The minimum Gasteiger partial charge on any atom is -0.469 e. The summed E-state index contributed by atoms with van der Waals surface area (Å²) in [5, 5.41) is 7.04. The van der Waals surface area contributed by atoms with Gasteiger partial charge in [0.2, 0.25) is 0 Å². The molecule has 0 radical (unpaired) electrons. The average molecular weight is 483 g/mol. The molecule has 0 bridgehead atoms. The first-order valence-corrected chi connectivity index (χ1v) is 9.58. The van der Waals surface area contributed by atoms with Gasteiger partial charge in [0.1, 0.15) is 11.6 Å². The number of halogens is 1. The van der Waals surface area contributed by atoms with Crippen molar-refractivity contribution in [2.75, 3.05) is 31.1 Å². The first-order chi connectivity index (χ1) is 12.8. The molecule has 2 aromatic heterocycles. The van der Waals surface area contributed by atoms with Crippen LogP contribution in [0, 0.1) is 0 Å². The van der Waals surface area contributed by atoms with Crippen LogP contribution in [0.15, 0.2) is 52.2 Å². The van der Waals surface area contributed by atoms with E-state index in [4.69, 9.17) is 9.41 Å². The standard InChI is InChI=1S/C20H29N5O.HI/c1-2-3-11-22-20(23-13-9-18-7-6-15-26-18)24-17-10-14-25(16-17)19-8-4-5-12-21-19;/h4-8,12,15,17H,2-3,9-11,13-14,16H2,1H3,(H2,22,23,24);1H. The summed E-state index contributed by atoms with van der Waals surface area (Å²) in [4.78, 5) is 11.5. The van der Waals surface area contributed by atoms with E-state index < -0.39 is 0 Å². The minimum absolute atomic E-state index is 0. The molecule has 0 saturated carbocycles. The van der Waals surface area contributed by atoms with Crippen LogP contribution in [0.3, 0.4) is 0 Å². The molecule has 148 valence electrons. The second kappa shape index (κ2) is 11.8. The van der Waals surface area contributed by atoms with Crippen molar-refractivity contribution in [1.29, 1.82) is 0 Å². The molecular weight excluding hydrogens is 453 g/mol. The van der Waals surface area contributed by atoms with Crippen LogP contribution >= 0.6 is 24.0 Å². The van der Waals surface area contributed by atoms with Gasteiger partial charge in [0, 0.05) is 44.8 Å². The van der Waals surface area contributed by atoms with E-state index in [1.807, 2.05) is 30.5 Å². The summed E-state index contributed by atoms with van der Waals surface area (Å²) in [5.41, 5.74) is 0. The Hall–Kier alpha value is -1.77. The molecule has 0 amide bonds. The molecule has 3 rings (SSSR count). The lowest BCUT2D eigenvalue weighted by molar-refractivity contribution is 0.506. The normalized spacial score (nSPS) is 16.9. The predicted molar refractivity (Wildman–Crippen MR) is 121 cm³/mol. The van der Waals surface area contributed by atoms with Crippen molar-refractivity contribution in [3.05, 3.63) is 48.6 Å². The SMILES string of the molecule is CCCCN=C(NCCc1ccco1)NC1CCN(c2ccccn2)C1.I. The van der Waals surface area contributed by atoms with Gasteiger partial charge in [-0.25, -0.2) is 4.98 Å². The fourth-order valence-electron chi connectivity index (χ4n) is 3.08. The number of anilines is 1. The third-order valence-corrected chi connectivity index (χ3v) is 4.53. The maximum atomic E-state index is 5.40. The van der Waals surface area contributed by atoms with E-state index in [1.54, 1.807) is 6.26 Å². The molecule has 7 heteroatoms. The van der Waals surface area contributed by atoms with Gasteiger partial charge in [-0.1, -0.05) is 19.4 Å². The van der Waals surface area contributed by atoms with Gasteiger partial charge >= 0.3 is 0 Å². The van der Waals surface area contributed by atoms with E-state index in [9.17, 15) is 0 Å². The average Bonchev–Trinajstić information content (AvgIpc) is 3.34. The van der Waals surface area contributed by atoms with E-state index in [0.717, 1.165) is 69.4 Å². The minimum atomic E-state index is 0. The summed E-state index contributed by atoms with van der Waals surface area (Å²) in [6, 6.07) is 10.4. The van der Waals surface area contributed by atoms with Crippen LogP contribution < -0.4 is 15.5 Å². The lowest BCUT2D eigenvalue weighted by atomic mass is 10.2. The van der Waals surface area contributed by atoms with Crippen molar-refractivity contribution in [3.63, 3.8) is 0 Å². The Morgan fingerprint density at radius 3 is 3.00 bits per heavy atom. The second-order valence-corrected chi connectivity index (χ2v) is 6.60. The van der Waals surface area contributed by atoms with E-state index in [0.29, 0.717) is 6.04 Å². The number of hydrogen-bond donors (Lipinski definition) is 2. The Balaban J connectivity index is 0.00000261. The number of nitrogens with one attached hydrogen (secondary N) is 2. The Labute approximate surface area is 178 Å². The first kappa shape index (κ1) is 21.5. The van der Waals surface area contributed by atoms with Crippen molar-refractivity contribution < 1.29 is 4.42 Å². The first-order valence-electron chi connectivity index (χ1n) is 9.58. The molecule has 1 saturated heterocycles. The molecule has 27 heavy (non-hydrogen) atoms. The van der Waals surface area contributed by atoms with Crippen molar-refractivity contribution in [1.82, 2.24) is 15.6 Å². The molecule has 3 heterocycles. The van der Waals surface area contributed by atoms with Gasteiger partial charge in [-0.3, -0.25) is 4.99 Å². The van der Waals surface area contributed by atoms with Gasteiger partial charge in [-0.15, -0.1) is 24.0 Å². The summed E-state index contributed by atoms with van der Waals surface area (Å²) < 4.78 is 5.40. The van der Waals surface area contributed by atoms with Gasteiger partial charge in [0.15, 0.2) is 5.96 Å². The van der Waals surface area contributed by atoms with Gasteiger partial charge in [0.25, 0.3) is 0 Å². The molecule has 1 unspecified atom stereocenters. The van der Waals surface area contributed by atoms with Crippen LogP contribution in [0.5, 0.6) is 0 Å². The summed E-state index contributed by atoms with van der Waals surface area (Å²) in [7, 11) is 0. The third kappa shape index (κ3) is 7.04. The predicted octanol–water partition coefficient (Wildman–Crippen LogP) is 3.45. The molecule has 0 aliphatic carbocycles.